The van der Waals surface area contributed by atoms with E-state index in [0.29, 0.717) is 52.1 Å². The van der Waals surface area contributed by atoms with E-state index in [4.69, 9.17) is 23.1 Å². The van der Waals surface area contributed by atoms with Crippen molar-refractivity contribution in [3.8, 4) is 23.0 Å². The zero-order chi connectivity index (χ0) is 36.2. The van der Waals surface area contributed by atoms with Gasteiger partial charge in [0.2, 0.25) is 16.6 Å². The van der Waals surface area contributed by atoms with Gasteiger partial charge >= 0.3 is 0 Å². The standard InChI is InChI=1S/C44H58O5Si2/c1-9-19-45-41-31-15-13-16-32(41)24-36-28-40-30-38(44(36)48-22-12-4)26-34-18-14-17-33(42(34)46-20-10-2)25-37-29-39(50(5,6)49-51(40,7)8)27-35(23-31)43(37)47-21-11-3/h13-18,27-30H,9-12,19-26H2,1-8H3. The fraction of sp³-hybridized carbons (Fsp3) is 0.455. The van der Waals surface area contributed by atoms with Crippen molar-refractivity contribution in [3.63, 3.8) is 0 Å². The van der Waals surface area contributed by atoms with Crippen LogP contribution in [0.4, 0.5) is 0 Å². The first-order chi connectivity index (χ1) is 24.6. The average molecular weight is 723 g/mol. The van der Waals surface area contributed by atoms with Crippen LogP contribution in [0.25, 0.3) is 0 Å². The maximum atomic E-state index is 7.54. The van der Waals surface area contributed by atoms with Crippen LogP contribution in [0.15, 0.2) is 60.7 Å². The van der Waals surface area contributed by atoms with Crippen molar-refractivity contribution in [2.75, 3.05) is 26.4 Å². The van der Waals surface area contributed by atoms with Crippen LogP contribution in [-0.2, 0) is 29.8 Å². The van der Waals surface area contributed by atoms with E-state index in [-0.39, 0.29) is 0 Å². The predicted octanol–water partition coefficient (Wildman–Crippen LogP) is 9.37. The summed E-state index contributed by atoms with van der Waals surface area (Å²) < 4.78 is 34.5. The van der Waals surface area contributed by atoms with Gasteiger partial charge in [0.05, 0.1) is 26.4 Å². The maximum absolute atomic E-state index is 7.54. The third-order valence-corrected chi connectivity index (χ3v) is 17.5. The van der Waals surface area contributed by atoms with E-state index < -0.39 is 16.6 Å². The van der Waals surface area contributed by atoms with Crippen LogP contribution in [0.2, 0.25) is 26.2 Å². The van der Waals surface area contributed by atoms with Crippen molar-refractivity contribution in [2.24, 2.45) is 0 Å². The minimum absolute atomic E-state index is 0.659. The smallest absolute Gasteiger partial charge is 0.206 e. The second-order valence-electron chi connectivity index (χ2n) is 15.3. The number of rotatable bonds is 12. The first kappa shape index (κ1) is 37.2. The fourth-order valence-electron chi connectivity index (χ4n) is 7.70. The molecular formula is C44H58O5Si2. The second kappa shape index (κ2) is 16.0. The molecule has 272 valence electrons. The van der Waals surface area contributed by atoms with Crippen LogP contribution >= 0.6 is 0 Å². The van der Waals surface area contributed by atoms with Gasteiger partial charge < -0.3 is 23.1 Å². The molecule has 0 saturated heterocycles. The van der Waals surface area contributed by atoms with Crippen molar-refractivity contribution in [1.82, 2.24) is 0 Å². The molecule has 0 radical (unpaired) electrons. The Balaban J connectivity index is 1.75. The molecule has 0 aromatic heterocycles. The summed E-state index contributed by atoms with van der Waals surface area (Å²) in [6, 6.07) is 23.0. The Morgan fingerprint density at radius 2 is 0.686 bits per heavy atom. The Morgan fingerprint density at radius 3 is 0.941 bits per heavy atom. The largest absolute Gasteiger partial charge is 0.493 e. The molecule has 0 spiro atoms. The van der Waals surface area contributed by atoms with Crippen LogP contribution in [0, 0.1) is 0 Å². The quantitative estimate of drug-likeness (QED) is 0.120. The van der Waals surface area contributed by atoms with Gasteiger partial charge in [-0.25, -0.2) is 0 Å². The number of fused-ring (bicyclic) bond motifs is 10. The van der Waals surface area contributed by atoms with E-state index in [9.17, 15) is 0 Å². The molecule has 51 heavy (non-hydrogen) atoms. The molecule has 0 amide bonds. The number of hydrogen-bond donors (Lipinski definition) is 0. The summed E-state index contributed by atoms with van der Waals surface area (Å²) in [5, 5.41) is 2.60. The summed E-state index contributed by atoms with van der Waals surface area (Å²) in [6.45, 7) is 20.9. The zero-order valence-electron chi connectivity index (χ0n) is 32.3. The summed E-state index contributed by atoms with van der Waals surface area (Å²) in [6.07, 6.45) is 6.60. The SMILES string of the molecule is CCCOc1c2cccc1Cc1cc3cc(c1OCCC)Cc1cccc(c1OCCC)Cc1cc(cc(c1OCCC)C2)[Si](C)(C)O[Si]3(C)C. The molecule has 4 aromatic rings. The first-order valence-corrected chi connectivity index (χ1v) is 25.2. The lowest BCUT2D eigenvalue weighted by Crippen LogP contribution is -2.58. The van der Waals surface area contributed by atoms with Crippen LogP contribution in [-0.4, -0.2) is 43.1 Å². The van der Waals surface area contributed by atoms with Crippen LogP contribution in [0.1, 0.15) is 97.9 Å². The average Bonchev–Trinajstić information content (AvgIpc) is 3.09. The Kier molecular flexibility index (Phi) is 11.7. The van der Waals surface area contributed by atoms with Crippen molar-refractivity contribution in [3.05, 3.63) is 105 Å². The highest BCUT2D eigenvalue weighted by Gasteiger charge is 2.38. The van der Waals surface area contributed by atoms with Crippen molar-refractivity contribution in [2.45, 2.75) is 105 Å². The van der Waals surface area contributed by atoms with E-state index in [0.717, 1.165) is 48.7 Å². The second-order valence-corrected chi connectivity index (χ2v) is 23.3. The third kappa shape index (κ3) is 8.11. The minimum Gasteiger partial charge on any atom is -0.493 e. The van der Waals surface area contributed by atoms with Crippen molar-refractivity contribution < 1.29 is 23.1 Å². The summed E-state index contributed by atoms with van der Waals surface area (Å²) in [5.41, 5.74) is 9.53. The van der Waals surface area contributed by atoms with Crippen molar-refractivity contribution in [1.29, 1.82) is 0 Å². The molecule has 5 nitrogen and oxygen atoms in total. The molecule has 10 bridgehead atoms. The van der Waals surface area contributed by atoms with Gasteiger partial charge in [0.15, 0.2) is 0 Å². The Bertz CT molecular complexity index is 1620. The van der Waals surface area contributed by atoms with Crippen LogP contribution in [0.3, 0.4) is 0 Å². The summed E-state index contributed by atoms with van der Waals surface area (Å²) in [5.74, 6) is 3.97. The molecule has 0 atom stereocenters. The number of ether oxygens (including phenoxy) is 4. The first-order valence-electron chi connectivity index (χ1n) is 19.3. The van der Waals surface area contributed by atoms with Gasteiger partial charge in [-0.05, 0) is 107 Å². The van der Waals surface area contributed by atoms with Crippen LogP contribution < -0.4 is 29.3 Å². The van der Waals surface area contributed by atoms with Gasteiger partial charge in [-0.2, -0.15) is 0 Å². The van der Waals surface area contributed by atoms with Gasteiger partial charge in [0.1, 0.15) is 23.0 Å². The molecule has 0 unspecified atom stereocenters. The molecule has 7 heteroatoms. The van der Waals surface area contributed by atoms with Gasteiger partial charge in [0, 0.05) is 25.7 Å². The lowest BCUT2D eigenvalue weighted by atomic mass is 9.91. The Morgan fingerprint density at radius 1 is 0.431 bits per heavy atom. The van der Waals surface area contributed by atoms with E-state index in [1.54, 1.807) is 0 Å². The number of hydrogen-bond acceptors (Lipinski definition) is 5. The fourth-order valence-corrected chi connectivity index (χ4v) is 15.8. The van der Waals surface area contributed by atoms with E-state index >= 15 is 0 Å². The minimum atomic E-state index is -2.44. The predicted molar refractivity (Wildman–Crippen MR) is 215 cm³/mol. The van der Waals surface area contributed by atoms with Gasteiger partial charge in [-0.1, -0.05) is 88.4 Å². The molecular weight excluding hydrogens is 665 g/mol. The molecule has 0 fully saturated rings. The van der Waals surface area contributed by atoms with Gasteiger partial charge in [0.25, 0.3) is 0 Å². The highest BCUT2D eigenvalue weighted by atomic mass is 28.4. The highest BCUT2D eigenvalue weighted by Crippen LogP contribution is 2.40. The zero-order valence-corrected chi connectivity index (χ0v) is 34.3. The van der Waals surface area contributed by atoms with Crippen LogP contribution in [0.5, 0.6) is 23.0 Å². The lowest BCUT2D eigenvalue weighted by Gasteiger charge is -2.36. The van der Waals surface area contributed by atoms with Gasteiger partial charge in [-0.15, -0.1) is 0 Å². The van der Waals surface area contributed by atoms with E-state index in [1.807, 2.05) is 0 Å². The summed E-state index contributed by atoms with van der Waals surface area (Å²) >= 11 is 0. The molecule has 0 saturated carbocycles. The third-order valence-electron chi connectivity index (χ3n) is 10.1. The topological polar surface area (TPSA) is 46.2 Å². The monoisotopic (exact) mass is 722 g/mol. The number of benzene rings is 4. The molecule has 2 aliphatic rings. The van der Waals surface area contributed by atoms with Crippen molar-refractivity contribution >= 4 is 27.0 Å². The molecule has 4 aromatic carbocycles. The van der Waals surface area contributed by atoms with E-state index in [2.05, 4.69) is 115 Å². The summed E-state index contributed by atoms with van der Waals surface area (Å²) in [4.78, 5) is 0. The molecule has 0 N–H and O–H groups in total. The molecule has 6 rings (SSSR count). The molecule has 2 heterocycles. The van der Waals surface area contributed by atoms with E-state index in [1.165, 1.54) is 54.9 Å². The normalized spacial score (nSPS) is 15.6. The summed E-state index contributed by atoms with van der Waals surface area (Å²) in [7, 11) is -4.89. The molecule has 2 aliphatic heterocycles. The van der Waals surface area contributed by atoms with Gasteiger partial charge in [-0.3, -0.25) is 0 Å². The lowest BCUT2D eigenvalue weighted by molar-refractivity contribution is 0.304. The Labute approximate surface area is 308 Å². The number of para-hydroxylation sites is 2. The maximum Gasteiger partial charge on any atom is 0.206 e. The Hall–Kier alpha value is -3.53. The highest BCUT2D eigenvalue weighted by molar-refractivity contribution is 6.96. The molecule has 0 aliphatic carbocycles.